The maximum Gasteiger partial charge on any atom is 0.416 e. The Morgan fingerprint density at radius 1 is 1.03 bits per heavy atom. The first-order valence-corrected chi connectivity index (χ1v) is 10.4. The number of piperazine rings is 1. The molecule has 0 radical (unpaired) electrons. The number of ether oxygens (including phenoxy) is 1. The first-order valence-electron chi connectivity index (χ1n) is 10.4. The lowest BCUT2D eigenvalue weighted by atomic mass is 10.1. The Balaban J connectivity index is 1.48. The second kappa shape index (κ2) is 10.5. The van der Waals surface area contributed by atoms with Crippen LogP contribution in [-0.2, 0) is 20.5 Å². The van der Waals surface area contributed by atoms with Crippen molar-refractivity contribution < 1.29 is 36.7 Å². The van der Waals surface area contributed by atoms with Crippen molar-refractivity contribution in [3.8, 4) is 0 Å². The number of anilines is 1. The minimum Gasteiger partial charge on any atom is -0.452 e. The van der Waals surface area contributed by atoms with E-state index in [1.165, 1.54) is 42.2 Å². The van der Waals surface area contributed by atoms with Gasteiger partial charge in [0.25, 0.3) is 5.91 Å². The first-order chi connectivity index (χ1) is 16.0. The van der Waals surface area contributed by atoms with Gasteiger partial charge in [-0.05, 0) is 48.9 Å². The molecule has 0 atom stereocenters. The van der Waals surface area contributed by atoms with Crippen LogP contribution in [0, 0.1) is 5.82 Å². The van der Waals surface area contributed by atoms with Gasteiger partial charge in [0.1, 0.15) is 5.82 Å². The second-order valence-electron chi connectivity index (χ2n) is 7.65. The SMILES string of the molecule is CC(=O)c1ccc(N2CCN(C(=O)COC(=O)/C=C/c3cccc(C(F)(F)F)c3)CC2)c(F)c1. The van der Waals surface area contributed by atoms with Crippen molar-refractivity contribution >= 4 is 29.4 Å². The molecule has 1 fully saturated rings. The molecule has 0 spiro atoms. The number of alkyl halides is 3. The van der Waals surface area contributed by atoms with E-state index in [0.29, 0.717) is 18.8 Å². The fourth-order valence-corrected chi connectivity index (χ4v) is 3.43. The average molecular weight is 478 g/mol. The van der Waals surface area contributed by atoms with Gasteiger partial charge in [-0.25, -0.2) is 9.18 Å². The third-order valence-electron chi connectivity index (χ3n) is 5.29. The molecule has 0 bridgehead atoms. The summed E-state index contributed by atoms with van der Waals surface area (Å²) in [6.45, 7) is 2.10. The molecule has 1 aliphatic heterocycles. The Bertz CT molecular complexity index is 1110. The molecule has 0 N–H and O–H groups in total. The van der Waals surface area contributed by atoms with Gasteiger partial charge in [0.05, 0.1) is 11.3 Å². The van der Waals surface area contributed by atoms with Crippen molar-refractivity contribution in [1.82, 2.24) is 4.90 Å². The highest BCUT2D eigenvalue weighted by Gasteiger charge is 2.30. The number of carbonyl (C=O) groups is 3. The molecule has 2 aromatic carbocycles. The fraction of sp³-hybridized carbons (Fsp3) is 0.292. The van der Waals surface area contributed by atoms with Gasteiger partial charge in [-0.1, -0.05) is 12.1 Å². The smallest absolute Gasteiger partial charge is 0.416 e. The Labute approximate surface area is 193 Å². The van der Waals surface area contributed by atoms with Gasteiger partial charge in [0, 0.05) is 37.8 Å². The van der Waals surface area contributed by atoms with Gasteiger partial charge < -0.3 is 14.5 Å². The number of hydrogen-bond donors (Lipinski definition) is 0. The summed E-state index contributed by atoms with van der Waals surface area (Å²) in [5.74, 6) is -2.06. The molecular formula is C24H22F4N2O4. The molecule has 1 amide bonds. The molecule has 10 heteroatoms. The van der Waals surface area contributed by atoms with Crippen LogP contribution in [0.1, 0.15) is 28.4 Å². The highest BCUT2D eigenvalue weighted by molar-refractivity contribution is 5.94. The molecular weight excluding hydrogens is 456 g/mol. The molecule has 0 aliphatic carbocycles. The number of carbonyl (C=O) groups excluding carboxylic acids is 3. The molecule has 0 aromatic heterocycles. The van der Waals surface area contributed by atoms with Gasteiger partial charge in [-0.3, -0.25) is 9.59 Å². The molecule has 0 unspecified atom stereocenters. The average Bonchev–Trinajstić information content (AvgIpc) is 2.81. The molecule has 0 saturated carbocycles. The van der Waals surface area contributed by atoms with Gasteiger partial charge in [0.15, 0.2) is 12.4 Å². The summed E-state index contributed by atoms with van der Waals surface area (Å²) >= 11 is 0. The number of amides is 1. The van der Waals surface area contributed by atoms with Gasteiger partial charge in [0.2, 0.25) is 0 Å². The zero-order valence-corrected chi connectivity index (χ0v) is 18.3. The van der Waals surface area contributed by atoms with Crippen molar-refractivity contribution in [2.45, 2.75) is 13.1 Å². The minimum atomic E-state index is -4.50. The van der Waals surface area contributed by atoms with E-state index < -0.39 is 36.0 Å². The maximum atomic E-state index is 14.3. The number of esters is 1. The number of Topliss-reactive ketones (excluding diaryl/α,β-unsaturated/α-hetero) is 1. The molecule has 1 aliphatic rings. The molecule has 1 saturated heterocycles. The maximum absolute atomic E-state index is 14.3. The van der Waals surface area contributed by atoms with E-state index in [1.54, 1.807) is 11.0 Å². The summed E-state index contributed by atoms with van der Waals surface area (Å²) in [7, 11) is 0. The van der Waals surface area contributed by atoms with E-state index in [2.05, 4.69) is 0 Å². The Kier molecular flexibility index (Phi) is 7.70. The number of ketones is 1. The normalized spacial score (nSPS) is 14.4. The van der Waals surface area contributed by atoms with E-state index in [9.17, 15) is 31.9 Å². The number of hydrogen-bond acceptors (Lipinski definition) is 5. The van der Waals surface area contributed by atoms with E-state index in [0.717, 1.165) is 18.2 Å². The quantitative estimate of drug-likeness (QED) is 0.272. The monoisotopic (exact) mass is 478 g/mol. The molecule has 2 aromatic rings. The summed E-state index contributed by atoms with van der Waals surface area (Å²) in [6.07, 6.45) is -2.37. The number of nitrogens with zero attached hydrogens (tertiary/aromatic N) is 2. The number of rotatable bonds is 6. The molecule has 6 nitrogen and oxygen atoms in total. The van der Waals surface area contributed by atoms with E-state index in [4.69, 9.17) is 4.74 Å². The zero-order chi connectivity index (χ0) is 24.9. The largest absolute Gasteiger partial charge is 0.452 e. The Morgan fingerprint density at radius 2 is 1.74 bits per heavy atom. The highest BCUT2D eigenvalue weighted by atomic mass is 19.4. The summed E-state index contributed by atoms with van der Waals surface area (Å²) in [6, 6.07) is 8.70. The van der Waals surface area contributed by atoms with Crippen LogP contribution in [0.15, 0.2) is 48.5 Å². The van der Waals surface area contributed by atoms with Crippen molar-refractivity contribution in [2.24, 2.45) is 0 Å². The van der Waals surface area contributed by atoms with Crippen LogP contribution in [0.5, 0.6) is 0 Å². The van der Waals surface area contributed by atoms with Crippen LogP contribution in [0.4, 0.5) is 23.2 Å². The zero-order valence-electron chi connectivity index (χ0n) is 18.3. The molecule has 1 heterocycles. The number of halogens is 4. The van der Waals surface area contributed by atoms with Crippen LogP contribution in [0.3, 0.4) is 0 Å². The predicted molar refractivity (Wildman–Crippen MR) is 117 cm³/mol. The van der Waals surface area contributed by atoms with Crippen LogP contribution in [0.2, 0.25) is 0 Å². The van der Waals surface area contributed by atoms with Crippen LogP contribution in [0.25, 0.3) is 6.08 Å². The van der Waals surface area contributed by atoms with Crippen LogP contribution >= 0.6 is 0 Å². The van der Waals surface area contributed by atoms with Gasteiger partial charge in [-0.2, -0.15) is 13.2 Å². The number of benzene rings is 2. The topological polar surface area (TPSA) is 66.9 Å². The lowest BCUT2D eigenvalue weighted by Crippen LogP contribution is -2.50. The van der Waals surface area contributed by atoms with Gasteiger partial charge in [-0.15, -0.1) is 0 Å². The Morgan fingerprint density at radius 3 is 2.35 bits per heavy atom. The molecule has 3 rings (SSSR count). The molecule has 180 valence electrons. The van der Waals surface area contributed by atoms with Crippen molar-refractivity contribution in [3.05, 3.63) is 71.0 Å². The Hall–Kier alpha value is -3.69. The summed E-state index contributed by atoms with van der Waals surface area (Å²) < 4.78 is 57.5. The third-order valence-corrected chi connectivity index (χ3v) is 5.29. The van der Waals surface area contributed by atoms with Crippen LogP contribution in [-0.4, -0.2) is 55.3 Å². The van der Waals surface area contributed by atoms with E-state index in [1.807, 2.05) is 0 Å². The third kappa shape index (κ3) is 6.43. The predicted octanol–water partition coefficient (Wildman–Crippen LogP) is 3.95. The minimum absolute atomic E-state index is 0.165. The summed E-state index contributed by atoms with van der Waals surface area (Å²) in [4.78, 5) is 38.8. The second-order valence-corrected chi connectivity index (χ2v) is 7.65. The summed E-state index contributed by atoms with van der Waals surface area (Å²) in [5.41, 5.74) is -0.0629. The lowest BCUT2D eigenvalue weighted by Gasteiger charge is -2.36. The van der Waals surface area contributed by atoms with Gasteiger partial charge >= 0.3 is 12.1 Å². The first kappa shape index (κ1) is 24.9. The van der Waals surface area contributed by atoms with Crippen molar-refractivity contribution in [3.63, 3.8) is 0 Å². The fourth-order valence-electron chi connectivity index (χ4n) is 3.43. The van der Waals surface area contributed by atoms with Crippen molar-refractivity contribution in [1.29, 1.82) is 0 Å². The summed E-state index contributed by atoms with van der Waals surface area (Å²) in [5, 5.41) is 0. The highest BCUT2D eigenvalue weighted by Crippen LogP contribution is 2.29. The van der Waals surface area contributed by atoms with Crippen molar-refractivity contribution in [2.75, 3.05) is 37.7 Å². The lowest BCUT2D eigenvalue weighted by molar-refractivity contribution is -0.148. The molecule has 34 heavy (non-hydrogen) atoms. The van der Waals surface area contributed by atoms with Crippen LogP contribution < -0.4 is 4.90 Å². The standard InChI is InChI=1S/C24H22F4N2O4/c1-16(31)18-6-7-21(20(25)14-18)29-9-11-30(12-10-29)22(32)15-34-23(33)8-5-17-3-2-4-19(13-17)24(26,27)28/h2-8,13-14H,9-12,15H2,1H3/b8-5+. The van der Waals surface area contributed by atoms with E-state index in [-0.39, 0.29) is 30.0 Å². The van der Waals surface area contributed by atoms with E-state index >= 15 is 0 Å².